The minimum absolute atomic E-state index is 0.485. The van der Waals surface area contributed by atoms with Crippen molar-refractivity contribution in [1.29, 1.82) is 0 Å². The number of ether oxygens (including phenoxy) is 2. The van der Waals surface area contributed by atoms with E-state index >= 15 is 0 Å². The first kappa shape index (κ1) is 13.3. The fraction of sp³-hybridized carbons (Fsp3) is 0.562. The van der Waals surface area contributed by atoms with Crippen LogP contribution in [0.15, 0.2) is 12.1 Å². The highest BCUT2D eigenvalue weighted by atomic mass is 16.6. The fourth-order valence-electron chi connectivity index (χ4n) is 3.40. The monoisotopic (exact) mass is 276 g/mol. The number of aryl methyl sites for hydroxylation is 1. The summed E-state index contributed by atoms with van der Waals surface area (Å²) in [7, 11) is 0. The highest BCUT2D eigenvalue weighted by Gasteiger charge is 2.44. The van der Waals surface area contributed by atoms with E-state index in [9.17, 15) is 9.90 Å². The molecule has 0 saturated heterocycles. The Morgan fingerprint density at radius 3 is 2.55 bits per heavy atom. The Bertz CT molecular complexity index is 530. The molecule has 3 rings (SSSR count). The molecular formula is C16H20O4. The molecule has 0 atom stereocenters. The largest absolute Gasteiger partial charge is 0.486 e. The molecule has 1 saturated carbocycles. The zero-order valence-electron chi connectivity index (χ0n) is 11.8. The van der Waals surface area contributed by atoms with Crippen LogP contribution in [0.4, 0.5) is 0 Å². The third-order valence-corrected chi connectivity index (χ3v) is 4.42. The van der Waals surface area contributed by atoms with Crippen molar-refractivity contribution in [3.8, 4) is 11.5 Å². The molecule has 1 heterocycles. The van der Waals surface area contributed by atoms with Crippen molar-refractivity contribution in [2.45, 2.75) is 44.4 Å². The van der Waals surface area contributed by atoms with Gasteiger partial charge in [-0.15, -0.1) is 0 Å². The van der Waals surface area contributed by atoms with Gasteiger partial charge in [-0.05, 0) is 31.4 Å². The first-order chi connectivity index (χ1) is 9.63. The van der Waals surface area contributed by atoms with Gasteiger partial charge in [0.2, 0.25) is 0 Å². The molecule has 0 radical (unpaired) electrons. The SMILES string of the molecule is Cc1cc2c(c(C3(C(=O)O)CCCCC3)c1)OCCO2. The number of carboxylic acid groups (broad SMARTS) is 1. The number of hydrogen-bond donors (Lipinski definition) is 1. The van der Waals surface area contributed by atoms with Crippen molar-refractivity contribution in [2.75, 3.05) is 13.2 Å². The van der Waals surface area contributed by atoms with Crippen LogP contribution in [0.2, 0.25) is 0 Å². The van der Waals surface area contributed by atoms with Gasteiger partial charge in [0.25, 0.3) is 0 Å². The van der Waals surface area contributed by atoms with Crippen LogP contribution in [0.5, 0.6) is 11.5 Å². The second kappa shape index (κ2) is 5.00. The molecule has 0 aromatic heterocycles. The number of hydrogen-bond acceptors (Lipinski definition) is 3. The predicted octanol–water partition coefficient (Wildman–Crippen LogP) is 3.05. The van der Waals surface area contributed by atoms with Crippen LogP contribution in [0.3, 0.4) is 0 Å². The Morgan fingerprint density at radius 2 is 1.85 bits per heavy atom. The molecule has 1 aliphatic carbocycles. The number of fused-ring (bicyclic) bond motifs is 1. The molecule has 4 heteroatoms. The van der Waals surface area contributed by atoms with E-state index in [4.69, 9.17) is 9.47 Å². The maximum atomic E-state index is 12.0. The van der Waals surface area contributed by atoms with Gasteiger partial charge < -0.3 is 14.6 Å². The van der Waals surface area contributed by atoms with Gasteiger partial charge in [0.15, 0.2) is 11.5 Å². The van der Waals surface area contributed by atoms with Gasteiger partial charge in [-0.3, -0.25) is 4.79 Å². The molecule has 1 fully saturated rings. The van der Waals surface area contributed by atoms with E-state index in [0.29, 0.717) is 37.6 Å². The quantitative estimate of drug-likeness (QED) is 0.902. The molecule has 2 aliphatic rings. The van der Waals surface area contributed by atoms with Crippen molar-refractivity contribution in [3.63, 3.8) is 0 Å². The van der Waals surface area contributed by atoms with Gasteiger partial charge in [-0.1, -0.05) is 25.3 Å². The normalized spacial score (nSPS) is 20.4. The first-order valence-corrected chi connectivity index (χ1v) is 7.28. The lowest BCUT2D eigenvalue weighted by molar-refractivity contribution is -0.145. The highest BCUT2D eigenvalue weighted by Crippen LogP contribution is 2.48. The average Bonchev–Trinajstić information content (AvgIpc) is 2.47. The zero-order valence-corrected chi connectivity index (χ0v) is 11.8. The smallest absolute Gasteiger partial charge is 0.314 e. The van der Waals surface area contributed by atoms with Crippen LogP contribution in [0, 0.1) is 6.92 Å². The summed E-state index contributed by atoms with van der Waals surface area (Å²) in [4.78, 5) is 12.0. The van der Waals surface area contributed by atoms with Crippen molar-refractivity contribution >= 4 is 5.97 Å². The number of rotatable bonds is 2. The third-order valence-electron chi connectivity index (χ3n) is 4.42. The summed E-state index contributed by atoms with van der Waals surface area (Å²) in [6, 6.07) is 3.89. The van der Waals surface area contributed by atoms with E-state index < -0.39 is 11.4 Å². The van der Waals surface area contributed by atoms with Crippen molar-refractivity contribution in [3.05, 3.63) is 23.3 Å². The van der Waals surface area contributed by atoms with E-state index in [1.165, 1.54) is 0 Å². The zero-order chi connectivity index (χ0) is 14.2. The summed E-state index contributed by atoms with van der Waals surface area (Å²) in [5.74, 6) is 0.600. The molecule has 1 aliphatic heterocycles. The molecule has 0 bridgehead atoms. The van der Waals surface area contributed by atoms with E-state index in [-0.39, 0.29) is 0 Å². The van der Waals surface area contributed by atoms with Crippen LogP contribution in [-0.4, -0.2) is 24.3 Å². The lowest BCUT2D eigenvalue weighted by Gasteiger charge is -2.36. The molecule has 0 unspecified atom stereocenters. The van der Waals surface area contributed by atoms with E-state index in [1.54, 1.807) is 0 Å². The van der Waals surface area contributed by atoms with Crippen LogP contribution in [0.1, 0.15) is 43.2 Å². The fourth-order valence-corrected chi connectivity index (χ4v) is 3.40. The van der Waals surface area contributed by atoms with Crippen LogP contribution >= 0.6 is 0 Å². The summed E-state index contributed by atoms with van der Waals surface area (Å²) < 4.78 is 11.4. The van der Waals surface area contributed by atoms with E-state index in [0.717, 1.165) is 30.4 Å². The number of aliphatic carboxylic acids is 1. The lowest BCUT2D eigenvalue weighted by atomic mass is 9.68. The molecule has 1 aromatic carbocycles. The minimum atomic E-state index is -0.810. The summed E-state index contributed by atoms with van der Waals surface area (Å²) in [6.45, 7) is 2.98. The molecule has 1 aromatic rings. The maximum Gasteiger partial charge on any atom is 0.314 e. The molecule has 108 valence electrons. The maximum absolute atomic E-state index is 12.0. The Kier molecular flexibility index (Phi) is 3.32. The van der Waals surface area contributed by atoms with Crippen LogP contribution in [0.25, 0.3) is 0 Å². The summed E-state index contributed by atoms with van der Waals surface area (Å²) in [5, 5.41) is 9.84. The summed E-state index contributed by atoms with van der Waals surface area (Å²) in [6.07, 6.45) is 4.38. The van der Waals surface area contributed by atoms with Crippen LogP contribution < -0.4 is 9.47 Å². The van der Waals surface area contributed by atoms with Crippen molar-refractivity contribution < 1.29 is 19.4 Å². The second-order valence-electron chi connectivity index (χ2n) is 5.78. The topological polar surface area (TPSA) is 55.8 Å². The van der Waals surface area contributed by atoms with Gasteiger partial charge in [0.05, 0.1) is 5.41 Å². The number of carbonyl (C=O) groups is 1. The van der Waals surface area contributed by atoms with E-state index in [1.807, 2.05) is 19.1 Å². The Morgan fingerprint density at radius 1 is 1.15 bits per heavy atom. The number of carboxylic acids is 1. The third kappa shape index (κ3) is 2.03. The molecule has 0 amide bonds. The summed E-state index contributed by atoms with van der Waals surface area (Å²) >= 11 is 0. The molecule has 20 heavy (non-hydrogen) atoms. The lowest BCUT2D eigenvalue weighted by Crippen LogP contribution is -2.38. The molecular weight excluding hydrogens is 256 g/mol. The van der Waals surface area contributed by atoms with Crippen molar-refractivity contribution in [2.24, 2.45) is 0 Å². The van der Waals surface area contributed by atoms with Gasteiger partial charge >= 0.3 is 5.97 Å². The van der Waals surface area contributed by atoms with Gasteiger partial charge in [0.1, 0.15) is 13.2 Å². The average molecular weight is 276 g/mol. The highest BCUT2D eigenvalue weighted by molar-refractivity contribution is 5.83. The molecule has 4 nitrogen and oxygen atoms in total. The molecule has 0 spiro atoms. The number of benzene rings is 1. The first-order valence-electron chi connectivity index (χ1n) is 7.28. The standard InChI is InChI=1S/C16H20O4/c1-11-9-12(14-13(10-11)19-7-8-20-14)16(15(17)18)5-3-2-4-6-16/h9-10H,2-8H2,1H3,(H,17,18). The minimum Gasteiger partial charge on any atom is -0.486 e. The van der Waals surface area contributed by atoms with Gasteiger partial charge in [-0.25, -0.2) is 0 Å². The Balaban J connectivity index is 2.15. The van der Waals surface area contributed by atoms with Crippen LogP contribution in [-0.2, 0) is 10.2 Å². The Hall–Kier alpha value is -1.71. The predicted molar refractivity (Wildman–Crippen MR) is 74.6 cm³/mol. The van der Waals surface area contributed by atoms with Crippen molar-refractivity contribution in [1.82, 2.24) is 0 Å². The molecule has 1 N–H and O–H groups in total. The summed E-state index contributed by atoms with van der Waals surface area (Å²) in [5.41, 5.74) is 1.02. The second-order valence-corrected chi connectivity index (χ2v) is 5.78. The van der Waals surface area contributed by atoms with E-state index in [2.05, 4.69) is 0 Å². The Labute approximate surface area is 118 Å². The van der Waals surface area contributed by atoms with Gasteiger partial charge in [-0.2, -0.15) is 0 Å². The van der Waals surface area contributed by atoms with Gasteiger partial charge in [0, 0.05) is 5.56 Å².